The van der Waals surface area contributed by atoms with Gasteiger partial charge in [0.05, 0.1) is 19.6 Å². The Kier molecular flexibility index (Phi) is 6.51. The SMILES string of the molecule is CCOC(=O)C(C(=O)c1ccc(OC)cc1)[C@H](C[N+](=O)[O-])c1ccc2c(c1)OCO2. The highest BCUT2D eigenvalue weighted by Crippen LogP contribution is 2.38. The molecule has 1 aliphatic rings. The van der Waals surface area contributed by atoms with Gasteiger partial charge in [-0.2, -0.15) is 0 Å². The van der Waals surface area contributed by atoms with Crippen molar-refractivity contribution in [3.05, 3.63) is 63.7 Å². The zero-order chi connectivity index (χ0) is 21.7. The number of rotatable bonds is 9. The number of hydrogen-bond acceptors (Lipinski definition) is 8. The molecular weight excluding hydrogens is 394 g/mol. The maximum Gasteiger partial charge on any atom is 0.317 e. The fourth-order valence-electron chi connectivity index (χ4n) is 3.33. The number of fused-ring (bicyclic) bond motifs is 1. The van der Waals surface area contributed by atoms with Gasteiger partial charge >= 0.3 is 5.97 Å². The molecule has 0 aromatic heterocycles. The van der Waals surface area contributed by atoms with Crippen LogP contribution < -0.4 is 14.2 Å². The lowest BCUT2D eigenvalue weighted by Crippen LogP contribution is -2.35. The van der Waals surface area contributed by atoms with Gasteiger partial charge in [0.25, 0.3) is 0 Å². The van der Waals surface area contributed by atoms with Gasteiger partial charge < -0.3 is 18.9 Å². The third-order valence-corrected chi connectivity index (χ3v) is 4.77. The van der Waals surface area contributed by atoms with Gasteiger partial charge in [-0.05, 0) is 48.9 Å². The lowest BCUT2D eigenvalue weighted by atomic mass is 9.81. The highest BCUT2D eigenvalue weighted by Gasteiger charge is 2.41. The normalized spacial score (nSPS) is 13.9. The average molecular weight is 415 g/mol. The molecule has 158 valence electrons. The first-order valence-electron chi connectivity index (χ1n) is 9.30. The average Bonchev–Trinajstić information content (AvgIpc) is 3.21. The monoisotopic (exact) mass is 415 g/mol. The predicted octanol–water partition coefficient (Wildman–Crippen LogP) is 2.85. The van der Waals surface area contributed by atoms with Crippen LogP contribution in [0.4, 0.5) is 0 Å². The first kappa shape index (κ1) is 21.1. The standard InChI is InChI=1S/C21H21NO8/c1-3-28-21(24)19(20(23)13-4-7-15(27-2)8-5-13)16(11-22(25)26)14-6-9-17-18(10-14)30-12-29-17/h4-10,16,19H,3,11-12H2,1-2H3/t16-,19?/m1/s1. The summed E-state index contributed by atoms with van der Waals surface area (Å²) in [6.45, 7) is 1.04. The zero-order valence-electron chi connectivity index (χ0n) is 16.5. The molecule has 2 atom stereocenters. The number of carbonyl (C=O) groups is 2. The van der Waals surface area contributed by atoms with Crippen LogP contribution in [0.2, 0.25) is 0 Å². The summed E-state index contributed by atoms with van der Waals surface area (Å²) in [4.78, 5) is 36.9. The van der Waals surface area contributed by atoms with Gasteiger partial charge in [-0.15, -0.1) is 0 Å². The Morgan fingerprint density at radius 1 is 1.13 bits per heavy atom. The van der Waals surface area contributed by atoms with E-state index in [4.69, 9.17) is 18.9 Å². The van der Waals surface area contributed by atoms with Gasteiger partial charge in [0.2, 0.25) is 13.3 Å². The second-order valence-electron chi connectivity index (χ2n) is 6.56. The molecule has 1 aliphatic heterocycles. The summed E-state index contributed by atoms with van der Waals surface area (Å²) in [5.74, 6) is -2.40. The molecule has 30 heavy (non-hydrogen) atoms. The van der Waals surface area contributed by atoms with Gasteiger partial charge in [0.15, 0.2) is 17.3 Å². The zero-order valence-corrected chi connectivity index (χ0v) is 16.5. The number of methoxy groups -OCH3 is 1. The molecule has 0 spiro atoms. The van der Waals surface area contributed by atoms with Crippen molar-refractivity contribution in [2.24, 2.45) is 5.92 Å². The fourth-order valence-corrected chi connectivity index (χ4v) is 3.33. The quantitative estimate of drug-likeness (QED) is 0.202. The van der Waals surface area contributed by atoms with E-state index in [1.807, 2.05) is 0 Å². The number of Topliss-reactive ketones (excluding diaryl/α,β-unsaturated/α-hetero) is 1. The third-order valence-electron chi connectivity index (χ3n) is 4.77. The van der Waals surface area contributed by atoms with Crippen LogP contribution in [-0.2, 0) is 9.53 Å². The minimum Gasteiger partial charge on any atom is -0.497 e. The topological polar surface area (TPSA) is 114 Å². The Morgan fingerprint density at radius 3 is 2.47 bits per heavy atom. The smallest absolute Gasteiger partial charge is 0.317 e. The van der Waals surface area contributed by atoms with Crippen molar-refractivity contribution < 1.29 is 33.5 Å². The third kappa shape index (κ3) is 4.51. The van der Waals surface area contributed by atoms with E-state index in [-0.39, 0.29) is 19.0 Å². The molecule has 0 amide bonds. The molecule has 0 radical (unpaired) electrons. The molecule has 3 rings (SSSR count). The van der Waals surface area contributed by atoms with Gasteiger partial charge in [-0.25, -0.2) is 0 Å². The summed E-state index contributed by atoms with van der Waals surface area (Å²) in [6, 6.07) is 10.9. The molecule has 0 saturated heterocycles. The number of ether oxygens (including phenoxy) is 4. The molecular formula is C21H21NO8. The highest BCUT2D eigenvalue weighted by atomic mass is 16.7. The lowest BCUT2D eigenvalue weighted by molar-refractivity contribution is -0.484. The molecule has 0 aliphatic carbocycles. The molecule has 2 aromatic carbocycles. The molecule has 0 saturated carbocycles. The number of ketones is 1. The van der Waals surface area contributed by atoms with Crippen LogP contribution >= 0.6 is 0 Å². The first-order valence-corrected chi connectivity index (χ1v) is 9.30. The Labute approximate surface area is 172 Å². The molecule has 1 unspecified atom stereocenters. The van der Waals surface area contributed by atoms with Crippen LogP contribution in [0.1, 0.15) is 28.8 Å². The van der Waals surface area contributed by atoms with Crippen molar-refractivity contribution in [2.75, 3.05) is 27.1 Å². The summed E-state index contributed by atoms with van der Waals surface area (Å²) in [5, 5.41) is 11.4. The molecule has 9 heteroatoms. The number of nitrogens with zero attached hydrogens (tertiary/aromatic N) is 1. The van der Waals surface area contributed by atoms with E-state index < -0.39 is 35.1 Å². The minimum absolute atomic E-state index is 0.0325. The summed E-state index contributed by atoms with van der Waals surface area (Å²) < 4.78 is 20.8. The van der Waals surface area contributed by atoms with E-state index in [0.29, 0.717) is 22.8 Å². The van der Waals surface area contributed by atoms with Crippen LogP contribution in [0.5, 0.6) is 17.2 Å². The van der Waals surface area contributed by atoms with E-state index in [0.717, 1.165) is 0 Å². The largest absolute Gasteiger partial charge is 0.497 e. The maximum absolute atomic E-state index is 13.3. The summed E-state index contributed by atoms with van der Waals surface area (Å²) in [5.41, 5.74) is 0.638. The number of hydrogen-bond donors (Lipinski definition) is 0. The van der Waals surface area contributed by atoms with Crippen molar-refractivity contribution in [3.8, 4) is 17.2 Å². The van der Waals surface area contributed by atoms with Gasteiger partial charge in [-0.3, -0.25) is 19.7 Å². The van der Waals surface area contributed by atoms with Crippen LogP contribution in [0, 0.1) is 16.0 Å². The van der Waals surface area contributed by atoms with E-state index in [9.17, 15) is 19.7 Å². The van der Waals surface area contributed by atoms with Gasteiger partial charge in [0.1, 0.15) is 11.7 Å². The van der Waals surface area contributed by atoms with Gasteiger partial charge in [0, 0.05) is 10.5 Å². The van der Waals surface area contributed by atoms with Crippen molar-refractivity contribution in [2.45, 2.75) is 12.8 Å². The van der Waals surface area contributed by atoms with E-state index >= 15 is 0 Å². The fraction of sp³-hybridized carbons (Fsp3) is 0.333. The Morgan fingerprint density at radius 2 is 1.83 bits per heavy atom. The number of carbonyl (C=O) groups excluding carboxylic acids is 2. The van der Waals surface area contributed by atoms with E-state index in [1.54, 1.807) is 37.3 Å². The van der Waals surface area contributed by atoms with Crippen LogP contribution in [-0.4, -0.2) is 43.7 Å². The molecule has 2 aromatic rings. The first-order chi connectivity index (χ1) is 14.4. The Bertz CT molecular complexity index is 941. The van der Waals surface area contributed by atoms with Crippen LogP contribution in [0.3, 0.4) is 0 Å². The van der Waals surface area contributed by atoms with E-state index in [2.05, 4.69) is 0 Å². The minimum atomic E-state index is -1.40. The molecule has 0 bridgehead atoms. The Balaban J connectivity index is 2.03. The molecule has 9 nitrogen and oxygen atoms in total. The number of benzene rings is 2. The van der Waals surface area contributed by atoms with Crippen molar-refractivity contribution in [3.63, 3.8) is 0 Å². The van der Waals surface area contributed by atoms with Crippen LogP contribution in [0.15, 0.2) is 42.5 Å². The van der Waals surface area contributed by atoms with Crippen molar-refractivity contribution in [1.82, 2.24) is 0 Å². The second-order valence-corrected chi connectivity index (χ2v) is 6.56. The predicted molar refractivity (Wildman–Crippen MR) is 105 cm³/mol. The summed E-state index contributed by atoms with van der Waals surface area (Å²) in [6.07, 6.45) is 0. The molecule has 0 N–H and O–H groups in total. The van der Waals surface area contributed by atoms with Crippen molar-refractivity contribution >= 4 is 11.8 Å². The maximum atomic E-state index is 13.3. The molecule has 1 heterocycles. The van der Waals surface area contributed by atoms with Crippen LogP contribution in [0.25, 0.3) is 0 Å². The number of esters is 1. The summed E-state index contributed by atoms with van der Waals surface area (Å²) >= 11 is 0. The highest BCUT2D eigenvalue weighted by molar-refractivity contribution is 6.09. The van der Waals surface area contributed by atoms with Gasteiger partial charge in [-0.1, -0.05) is 6.07 Å². The second kappa shape index (κ2) is 9.25. The Hall–Kier alpha value is -3.62. The van der Waals surface area contributed by atoms with Crippen molar-refractivity contribution in [1.29, 1.82) is 0 Å². The number of nitro groups is 1. The van der Waals surface area contributed by atoms with E-state index in [1.165, 1.54) is 19.2 Å². The lowest BCUT2D eigenvalue weighted by Gasteiger charge is -2.22. The summed E-state index contributed by atoms with van der Waals surface area (Å²) in [7, 11) is 1.49. The molecule has 0 fully saturated rings.